The Bertz CT molecular complexity index is 1560. The number of hydrogen-bond donors (Lipinski definition) is 1. The first kappa shape index (κ1) is 29.0. The number of alkyl halides is 8. The van der Waals surface area contributed by atoms with E-state index in [9.17, 15) is 39.9 Å². The van der Waals surface area contributed by atoms with E-state index in [0.29, 0.717) is 0 Å². The fourth-order valence-corrected chi connectivity index (χ4v) is 4.03. The topological polar surface area (TPSA) is 77.6 Å². The second-order valence-electron chi connectivity index (χ2n) is 8.51. The van der Waals surface area contributed by atoms with Crippen LogP contribution in [0, 0.1) is 0 Å². The minimum Gasteiger partial charge on any atom is -0.348 e. The van der Waals surface area contributed by atoms with Gasteiger partial charge in [0.25, 0.3) is 5.91 Å². The van der Waals surface area contributed by atoms with E-state index in [4.69, 9.17) is 11.6 Å². The maximum absolute atomic E-state index is 14.1. The van der Waals surface area contributed by atoms with Crippen LogP contribution in [0.2, 0.25) is 5.02 Å². The molecule has 0 fully saturated rings. The first-order chi connectivity index (χ1) is 18.5. The van der Waals surface area contributed by atoms with Gasteiger partial charge in [-0.25, -0.2) is 9.67 Å². The summed E-state index contributed by atoms with van der Waals surface area (Å²) in [6.45, 7) is 0.165. The molecule has 212 valence electrons. The van der Waals surface area contributed by atoms with Crippen molar-refractivity contribution in [1.82, 2.24) is 29.9 Å². The Balaban J connectivity index is 1.76. The summed E-state index contributed by atoms with van der Waals surface area (Å²) < 4.78 is 110. The minimum absolute atomic E-state index is 0.0206. The van der Waals surface area contributed by atoms with Crippen LogP contribution >= 0.6 is 11.6 Å². The zero-order valence-corrected chi connectivity index (χ0v) is 21.1. The quantitative estimate of drug-likeness (QED) is 0.273. The Kier molecular flexibility index (Phi) is 7.38. The van der Waals surface area contributed by atoms with Crippen LogP contribution in [0.3, 0.4) is 0 Å². The average Bonchev–Trinajstić information content (AvgIpc) is 3.42. The average molecular weight is 593 g/mol. The molecule has 0 unspecified atom stereocenters. The fraction of sp³-hybridized carbons (Fsp3) is 0.250. The second kappa shape index (κ2) is 10.2. The number of aromatic nitrogens is 5. The van der Waals surface area contributed by atoms with Gasteiger partial charge in [0.1, 0.15) is 11.3 Å². The highest BCUT2D eigenvalue weighted by atomic mass is 35.5. The summed E-state index contributed by atoms with van der Waals surface area (Å²) in [5.41, 5.74) is -5.11. The molecule has 16 heteroatoms. The zero-order valence-electron chi connectivity index (χ0n) is 20.4. The van der Waals surface area contributed by atoms with Gasteiger partial charge in [-0.05, 0) is 23.8 Å². The van der Waals surface area contributed by atoms with E-state index in [1.165, 1.54) is 18.2 Å². The molecule has 40 heavy (non-hydrogen) atoms. The van der Waals surface area contributed by atoms with Crippen molar-refractivity contribution in [2.45, 2.75) is 24.8 Å². The van der Waals surface area contributed by atoms with Crippen LogP contribution in [0.4, 0.5) is 35.1 Å². The van der Waals surface area contributed by atoms with Crippen molar-refractivity contribution in [1.29, 1.82) is 0 Å². The number of amides is 1. The SMILES string of the molecule is Cn1nc(-c2ccc(Cl)c(C(=O)NCc3ccccc3)c2)nc1-c1c(C(F)(F)F)c(C(F)(F)C(F)(F)F)nn1C. The van der Waals surface area contributed by atoms with E-state index >= 15 is 0 Å². The molecule has 0 saturated heterocycles. The molecule has 0 bridgehead atoms. The molecule has 0 aliphatic carbocycles. The molecule has 1 N–H and O–H groups in total. The Hall–Kier alpha value is -4.01. The summed E-state index contributed by atoms with van der Waals surface area (Å²) >= 11 is 6.16. The molecule has 7 nitrogen and oxygen atoms in total. The lowest BCUT2D eigenvalue weighted by Crippen LogP contribution is -2.36. The van der Waals surface area contributed by atoms with Crippen molar-refractivity contribution in [2.24, 2.45) is 14.1 Å². The molecule has 0 radical (unpaired) electrons. The monoisotopic (exact) mass is 592 g/mol. The summed E-state index contributed by atoms with van der Waals surface area (Å²) in [6, 6.07) is 12.8. The third-order valence-electron chi connectivity index (χ3n) is 5.72. The van der Waals surface area contributed by atoms with Crippen molar-refractivity contribution < 1.29 is 39.9 Å². The van der Waals surface area contributed by atoms with Crippen molar-refractivity contribution in [3.8, 4) is 22.9 Å². The van der Waals surface area contributed by atoms with Crippen molar-refractivity contribution in [3.63, 3.8) is 0 Å². The van der Waals surface area contributed by atoms with Crippen LogP contribution in [-0.2, 0) is 32.7 Å². The van der Waals surface area contributed by atoms with E-state index < -0.39 is 47.0 Å². The molecule has 0 spiro atoms. The van der Waals surface area contributed by atoms with Crippen LogP contribution in [0.15, 0.2) is 48.5 Å². The lowest BCUT2D eigenvalue weighted by molar-refractivity contribution is -0.292. The maximum Gasteiger partial charge on any atom is 0.459 e. The third kappa shape index (κ3) is 5.37. The van der Waals surface area contributed by atoms with Gasteiger partial charge in [-0.15, -0.1) is 0 Å². The third-order valence-corrected chi connectivity index (χ3v) is 6.05. The fourth-order valence-electron chi connectivity index (χ4n) is 3.83. The lowest BCUT2D eigenvalue weighted by atomic mass is 10.1. The van der Waals surface area contributed by atoms with Crippen molar-refractivity contribution in [3.05, 3.63) is 75.9 Å². The molecule has 4 rings (SSSR count). The van der Waals surface area contributed by atoms with Gasteiger partial charge < -0.3 is 5.32 Å². The Morgan fingerprint density at radius 3 is 2.17 bits per heavy atom. The van der Waals surface area contributed by atoms with Crippen LogP contribution in [0.25, 0.3) is 22.9 Å². The van der Waals surface area contributed by atoms with E-state index in [0.717, 1.165) is 24.3 Å². The summed E-state index contributed by atoms with van der Waals surface area (Å²) in [5.74, 6) is -7.46. The van der Waals surface area contributed by atoms with Gasteiger partial charge >= 0.3 is 18.3 Å². The Morgan fingerprint density at radius 1 is 0.925 bits per heavy atom. The Morgan fingerprint density at radius 2 is 1.57 bits per heavy atom. The van der Waals surface area contributed by atoms with Gasteiger partial charge in [0.15, 0.2) is 17.3 Å². The first-order valence-corrected chi connectivity index (χ1v) is 11.5. The second-order valence-corrected chi connectivity index (χ2v) is 8.92. The van der Waals surface area contributed by atoms with E-state index in [2.05, 4.69) is 20.5 Å². The highest BCUT2D eigenvalue weighted by Gasteiger charge is 2.64. The first-order valence-electron chi connectivity index (χ1n) is 11.1. The molecular formula is C24H17ClF8N6O. The molecule has 0 aliphatic rings. The number of hydrogen-bond acceptors (Lipinski definition) is 4. The van der Waals surface area contributed by atoms with Gasteiger partial charge in [0.05, 0.1) is 10.6 Å². The number of rotatable bonds is 6. The number of halogens is 9. The molecule has 0 atom stereocenters. The van der Waals surface area contributed by atoms with Crippen molar-refractivity contribution in [2.75, 3.05) is 0 Å². The number of nitrogens with zero attached hydrogens (tertiary/aromatic N) is 5. The molecule has 0 saturated carbocycles. The highest BCUT2D eigenvalue weighted by Crippen LogP contribution is 2.50. The van der Waals surface area contributed by atoms with Crippen molar-refractivity contribution >= 4 is 17.5 Å². The molecule has 0 aliphatic heterocycles. The van der Waals surface area contributed by atoms with Gasteiger partial charge in [-0.3, -0.25) is 9.48 Å². The number of benzene rings is 2. The van der Waals surface area contributed by atoms with Crippen LogP contribution in [0.1, 0.15) is 27.2 Å². The van der Waals surface area contributed by atoms with Gasteiger partial charge in [0, 0.05) is 26.2 Å². The Labute approximate surface area is 225 Å². The number of carbonyl (C=O) groups excluding carboxylic acids is 1. The van der Waals surface area contributed by atoms with Gasteiger partial charge in [-0.2, -0.15) is 45.3 Å². The van der Waals surface area contributed by atoms with Crippen LogP contribution in [0.5, 0.6) is 0 Å². The summed E-state index contributed by atoms with van der Waals surface area (Å²) in [6.07, 6.45) is -12.0. The number of aryl methyl sites for hydroxylation is 2. The van der Waals surface area contributed by atoms with E-state index in [1.54, 1.807) is 30.3 Å². The normalized spacial score (nSPS) is 12.6. The molecule has 2 aromatic heterocycles. The zero-order chi connectivity index (χ0) is 29.6. The van der Waals surface area contributed by atoms with Crippen LogP contribution < -0.4 is 5.32 Å². The lowest BCUT2D eigenvalue weighted by Gasteiger charge is -2.19. The number of nitrogens with one attached hydrogen (secondary N) is 1. The van der Waals surface area contributed by atoms with Gasteiger partial charge in [0.2, 0.25) is 0 Å². The highest BCUT2D eigenvalue weighted by molar-refractivity contribution is 6.34. The predicted molar refractivity (Wildman–Crippen MR) is 126 cm³/mol. The van der Waals surface area contributed by atoms with E-state index in [1.807, 2.05) is 0 Å². The number of carbonyl (C=O) groups is 1. The molecule has 4 aromatic rings. The summed E-state index contributed by atoms with van der Waals surface area (Å²) in [7, 11) is 1.89. The van der Waals surface area contributed by atoms with Gasteiger partial charge in [-0.1, -0.05) is 41.9 Å². The van der Waals surface area contributed by atoms with Crippen LogP contribution in [-0.4, -0.2) is 36.6 Å². The summed E-state index contributed by atoms with van der Waals surface area (Å²) in [4.78, 5) is 16.7. The predicted octanol–water partition coefficient (Wildman–Crippen LogP) is 6.14. The molecule has 1 amide bonds. The van der Waals surface area contributed by atoms with E-state index in [-0.39, 0.29) is 33.2 Å². The largest absolute Gasteiger partial charge is 0.459 e. The smallest absolute Gasteiger partial charge is 0.348 e. The summed E-state index contributed by atoms with van der Waals surface area (Å²) in [5, 5.41) is 9.57. The maximum atomic E-state index is 14.1. The molecular weight excluding hydrogens is 576 g/mol. The molecule has 2 aromatic carbocycles. The minimum atomic E-state index is -6.34. The molecule has 2 heterocycles. The standard InChI is InChI=1S/C24H17ClF8N6O/c1-38-17(16(23(28,29)30)18(36-38)22(26,27)24(31,32)33)20-35-19(37-39(20)2)13-8-9-15(25)14(10-13)21(40)34-11-12-6-4-3-5-7-12/h3-10H,11H2,1-2H3,(H,34,40).